The lowest BCUT2D eigenvalue weighted by Gasteiger charge is -2.27. The van der Waals surface area contributed by atoms with Gasteiger partial charge in [0.1, 0.15) is 0 Å². The van der Waals surface area contributed by atoms with Crippen LogP contribution in [0.1, 0.15) is 47.0 Å². The van der Waals surface area contributed by atoms with Crippen molar-refractivity contribution in [2.75, 3.05) is 26.2 Å². The van der Waals surface area contributed by atoms with Crippen LogP contribution in [0.3, 0.4) is 0 Å². The maximum Gasteiger partial charge on any atom is 0.0767 e. The minimum atomic E-state index is -0.642. The van der Waals surface area contributed by atoms with E-state index in [-0.39, 0.29) is 0 Å². The first-order valence-corrected chi connectivity index (χ1v) is 6.62. The molecule has 0 heterocycles. The van der Waals surface area contributed by atoms with E-state index in [1.165, 1.54) is 0 Å². The largest absolute Gasteiger partial charge is 0.389 e. The third-order valence-corrected chi connectivity index (χ3v) is 3.23. The molecular formula is C13H30N2O. The Bertz CT molecular complexity index is 167. The monoisotopic (exact) mass is 230 g/mol. The Kier molecular flexibility index (Phi) is 7.98. The molecule has 0 radical (unpaired) electrons. The van der Waals surface area contributed by atoms with Crippen molar-refractivity contribution < 1.29 is 5.11 Å². The summed E-state index contributed by atoms with van der Waals surface area (Å²) in [5.41, 5.74) is 4.94. The zero-order valence-electron chi connectivity index (χ0n) is 11.5. The highest BCUT2D eigenvalue weighted by atomic mass is 16.3. The molecule has 0 aliphatic rings. The molecule has 3 heteroatoms. The Labute approximate surface area is 101 Å². The maximum absolute atomic E-state index is 10.1. The molecule has 0 bridgehead atoms. The highest BCUT2D eigenvalue weighted by molar-refractivity contribution is 4.78. The van der Waals surface area contributed by atoms with Gasteiger partial charge < -0.3 is 15.7 Å². The lowest BCUT2D eigenvalue weighted by molar-refractivity contribution is 0.0314. The highest BCUT2D eigenvalue weighted by Crippen LogP contribution is 2.16. The average molecular weight is 230 g/mol. The van der Waals surface area contributed by atoms with Crippen LogP contribution in [0.2, 0.25) is 0 Å². The van der Waals surface area contributed by atoms with Crippen LogP contribution in [0.25, 0.3) is 0 Å². The third kappa shape index (κ3) is 6.46. The molecule has 0 aliphatic heterocycles. The molecule has 1 unspecified atom stereocenters. The summed E-state index contributed by atoms with van der Waals surface area (Å²) in [6.45, 7) is 12.3. The zero-order valence-corrected chi connectivity index (χ0v) is 11.5. The van der Waals surface area contributed by atoms with E-state index in [1.807, 2.05) is 6.92 Å². The van der Waals surface area contributed by atoms with E-state index in [0.717, 1.165) is 38.9 Å². The number of aliphatic hydroxyl groups is 1. The molecule has 0 amide bonds. The highest BCUT2D eigenvalue weighted by Gasteiger charge is 2.22. The summed E-state index contributed by atoms with van der Waals surface area (Å²) in [6, 6.07) is 0. The first kappa shape index (κ1) is 15.9. The summed E-state index contributed by atoms with van der Waals surface area (Å²) >= 11 is 0. The van der Waals surface area contributed by atoms with Crippen molar-refractivity contribution >= 4 is 0 Å². The van der Waals surface area contributed by atoms with Gasteiger partial charge in [-0.3, -0.25) is 0 Å². The minimum Gasteiger partial charge on any atom is -0.389 e. The molecule has 0 aromatic heterocycles. The second kappa shape index (κ2) is 8.04. The van der Waals surface area contributed by atoms with Gasteiger partial charge >= 0.3 is 0 Å². The van der Waals surface area contributed by atoms with Crippen molar-refractivity contribution in [3.63, 3.8) is 0 Å². The Hall–Kier alpha value is -0.120. The molecule has 0 fully saturated rings. The predicted octanol–water partition coefficient (Wildman–Crippen LogP) is 1.84. The van der Waals surface area contributed by atoms with Crippen molar-refractivity contribution in [2.45, 2.75) is 52.6 Å². The Morgan fingerprint density at radius 3 is 2.31 bits per heavy atom. The van der Waals surface area contributed by atoms with Crippen molar-refractivity contribution in [3.8, 4) is 0 Å². The fraction of sp³-hybridized carbons (Fsp3) is 1.00. The number of hydrogen-bond acceptors (Lipinski definition) is 3. The van der Waals surface area contributed by atoms with Crippen molar-refractivity contribution in [1.82, 2.24) is 4.90 Å². The number of rotatable bonds is 9. The van der Waals surface area contributed by atoms with Crippen LogP contribution in [-0.2, 0) is 0 Å². The summed E-state index contributed by atoms with van der Waals surface area (Å²) < 4.78 is 0. The van der Waals surface area contributed by atoms with Gasteiger partial charge in [-0.05, 0) is 38.3 Å². The molecule has 16 heavy (non-hydrogen) atoms. The van der Waals surface area contributed by atoms with Crippen molar-refractivity contribution in [3.05, 3.63) is 0 Å². The van der Waals surface area contributed by atoms with Gasteiger partial charge in [-0.25, -0.2) is 0 Å². The molecule has 1 atom stereocenters. The molecule has 3 N–H and O–H groups in total. The lowest BCUT2D eigenvalue weighted by atomic mass is 9.95. The van der Waals surface area contributed by atoms with E-state index in [9.17, 15) is 5.11 Å². The second-order valence-corrected chi connectivity index (χ2v) is 5.17. The van der Waals surface area contributed by atoms with E-state index >= 15 is 0 Å². The molecule has 0 saturated heterocycles. The first-order chi connectivity index (χ1) is 7.47. The lowest BCUT2D eigenvalue weighted by Crippen LogP contribution is -2.38. The van der Waals surface area contributed by atoms with Gasteiger partial charge in [-0.2, -0.15) is 0 Å². The van der Waals surface area contributed by atoms with Crippen LogP contribution in [0.15, 0.2) is 0 Å². The molecule has 0 aromatic rings. The molecule has 0 saturated carbocycles. The van der Waals surface area contributed by atoms with Crippen LogP contribution in [0, 0.1) is 5.92 Å². The van der Waals surface area contributed by atoms with Crippen molar-refractivity contribution in [1.29, 1.82) is 0 Å². The fourth-order valence-electron chi connectivity index (χ4n) is 1.95. The molecule has 0 rings (SSSR count). The second-order valence-electron chi connectivity index (χ2n) is 5.17. The summed E-state index contributed by atoms with van der Waals surface area (Å²) in [4.78, 5) is 2.44. The Morgan fingerprint density at radius 2 is 1.94 bits per heavy atom. The molecule has 3 nitrogen and oxygen atoms in total. The minimum absolute atomic E-state index is 0.375. The topological polar surface area (TPSA) is 49.5 Å². The van der Waals surface area contributed by atoms with Gasteiger partial charge in [0.15, 0.2) is 0 Å². The van der Waals surface area contributed by atoms with E-state index in [2.05, 4.69) is 25.7 Å². The third-order valence-electron chi connectivity index (χ3n) is 3.23. The van der Waals surface area contributed by atoms with Gasteiger partial charge in [0.2, 0.25) is 0 Å². The Morgan fingerprint density at radius 1 is 1.31 bits per heavy atom. The molecule has 0 spiro atoms. The fourth-order valence-corrected chi connectivity index (χ4v) is 1.95. The van der Waals surface area contributed by atoms with E-state index in [1.54, 1.807) is 0 Å². The first-order valence-electron chi connectivity index (χ1n) is 6.62. The summed E-state index contributed by atoms with van der Waals surface area (Å²) in [5, 5.41) is 10.1. The summed E-state index contributed by atoms with van der Waals surface area (Å²) in [7, 11) is 0. The maximum atomic E-state index is 10.1. The van der Waals surface area contributed by atoms with Crippen LogP contribution < -0.4 is 5.73 Å². The summed E-state index contributed by atoms with van der Waals surface area (Å²) in [5.74, 6) is 0.708. The van der Waals surface area contributed by atoms with E-state index < -0.39 is 5.60 Å². The number of nitrogens with two attached hydrogens (primary N) is 1. The summed E-state index contributed by atoms with van der Waals surface area (Å²) in [6.07, 6.45) is 2.59. The smallest absolute Gasteiger partial charge is 0.0767 e. The van der Waals surface area contributed by atoms with Crippen LogP contribution in [0.4, 0.5) is 0 Å². The average Bonchev–Trinajstić information content (AvgIpc) is 2.26. The van der Waals surface area contributed by atoms with Gasteiger partial charge in [-0.1, -0.05) is 27.7 Å². The van der Waals surface area contributed by atoms with Gasteiger partial charge in [-0.15, -0.1) is 0 Å². The van der Waals surface area contributed by atoms with Crippen molar-refractivity contribution in [2.24, 2.45) is 11.7 Å². The Balaban J connectivity index is 3.85. The van der Waals surface area contributed by atoms with E-state index in [0.29, 0.717) is 12.5 Å². The molecule has 98 valence electrons. The zero-order chi connectivity index (χ0) is 12.6. The number of hydrogen-bond donors (Lipinski definition) is 2. The van der Waals surface area contributed by atoms with E-state index in [4.69, 9.17) is 5.73 Å². The van der Waals surface area contributed by atoms with Gasteiger partial charge in [0.05, 0.1) is 5.60 Å². The van der Waals surface area contributed by atoms with Gasteiger partial charge in [0.25, 0.3) is 0 Å². The normalized spacial score (nSPS) is 15.8. The van der Waals surface area contributed by atoms with Crippen LogP contribution >= 0.6 is 0 Å². The quantitative estimate of drug-likeness (QED) is 0.635. The van der Waals surface area contributed by atoms with Crippen LogP contribution in [0.5, 0.6) is 0 Å². The molecule has 0 aromatic carbocycles. The predicted molar refractivity (Wildman–Crippen MR) is 70.5 cm³/mol. The number of nitrogens with zero attached hydrogens (tertiary/aromatic N) is 1. The molecular weight excluding hydrogens is 200 g/mol. The van der Waals surface area contributed by atoms with Gasteiger partial charge in [0, 0.05) is 13.1 Å². The molecule has 0 aliphatic carbocycles. The SMILES string of the molecule is CCN(CCCC(O)(CC)CN)CC(C)C. The van der Waals surface area contributed by atoms with Crippen LogP contribution in [-0.4, -0.2) is 41.8 Å². The standard InChI is InChI=1S/C13H30N2O/c1-5-13(16,11-14)8-7-9-15(6-2)10-12(3)4/h12,16H,5-11,14H2,1-4H3.